The maximum atomic E-state index is 12.6. The summed E-state index contributed by atoms with van der Waals surface area (Å²) in [7, 11) is 0. The van der Waals surface area contributed by atoms with E-state index >= 15 is 0 Å². The fraction of sp³-hybridized carbons (Fsp3) is 0.316. The highest BCUT2D eigenvalue weighted by atomic mass is 16.1. The van der Waals surface area contributed by atoms with E-state index < -0.39 is 0 Å². The van der Waals surface area contributed by atoms with E-state index in [1.165, 1.54) is 11.1 Å². The molecule has 114 valence electrons. The van der Waals surface area contributed by atoms with E-state index in [-0.39, 0.29) is 5.91 Å². The first-order chi connectivity index (χ1) is 10.6. The molecule has 1 amide bonds. The zero-order valence-corrected chi connectivity index (χ0v) is 13.4. The van der Waals surface area contributed by atoms with Gasteiger partial charge in [-0.15, -0.1) is 0 Å². The van der Waals surface area contributed by atoms with Gasteiger partial charge in [-0.1, -0.05) is 32.0 Å². The van der Waals surface area contributed by atoms with Crippen LogP contribution in [0.5, 0.6) is 0 Å². The van der Waals surface area contributed by atoms with Crippen molar-refractivity contribution < 1.29 is 4.79 Å². The van der Waals surface area contributed by atoms with Crippen LogP contribution in [0.2, 0.25) is 0 Å². The first-order valence-corrected chi connectivity index (χ1v) is 7.84. The van der Waals surface area contributed by atoms with Gasteiger partial charge >= 0.3 is 0 Å². The molecule has 0 spiro atoms. The summed E-state index contributed by atoms with van der Waals surface area (Å²) in [6.45, 7) is 7.28. The summed E-state index contributed by atoms with van der Waals surface area (Å²) >= 11 is 0. The second-order valence-electron chi connectivity index (χ2n) is 6.20. The molecule has 3 heteroatoms. The Bertz CT molecular complexity index is 719. The van der Waals surface area contributed by atoms with Crippen LogP contribution in [0.4, 0.5) is 11.4 Å². The Kier molecular flexibility index (Phi) is 3.88. The predicted octanol–water partition coefficient (Wildman–Crippen LogP) is 4.34. The summed E-state index contributed by atoms with van der Waals surface area (Å²) in [6.07, 6.45) is 0.984. The summed E-state index contributed by atoms with van der Waals surface area (Å²) in [6, 6.07) is 12.0. The molecule has 2 N–H and O–H groups in total. The summed E-state index contributed by atoms with van der Waals surface area (Å²) in [5, 5.41) is 6.43. The van der Waals surface area contributed by atoms with Crippen molar-refractivity contribution in [2.45, 2.75) is 33.1 Å². The number of amides is 1. The molecule has 0 bridgehead atoms. The van der Waals surface area contributed by atoms with Gasteiger partial charge in [-0.05, 0) is 54.2 Å². The van der Waals surface area contributed by atoms with Crippen molar-refractivity contribution in [2.24, 2.45) is 0 Å². The van der Waals surface area contributed by atoms with Gasteiger partial charge in [-0.25, -0.2) is 0 Å². The quantitative estimate of drug-likeness (QED) is 0.884. The van der Waals surface area contributed by atoms with Crippen molar-refractivity contribution >= 4 is 17.3 Å². The van der Waals surface area contributed by atoms with Crippen LogP contribution in [-0.4, -0.2) is 12.5 Å². The molecule has 0 aromatic heterocycles. The van der Waals surface area contributed by atoms with Crippen LogP contribution in [0, 0.1) is 6.92 Å². The van der Waals surface area contributed by atoms with Crippen LogP contribution in [0.3, 0.4) is 0 Å². The molecule has 1 aliphatic rings. The minimum atomic E-state index is -0.0362. The van der Waals surface area contributed by atoms with E-state index in [2.05, 4.69) is 30.5 Å². The van der Waals surface area contributed by atoms with Gasteiger partial charge in [0.25, 0.3) is 5.91 Å². The normalized spacial score (nSPS) is 12.9. The lowest BCUT2D eigenvalue weighted by Gasteiger charge is -2.16. The SMILES string of the molecule is Cc1cccc(C(C)C)c1NC(=O)c1ccc2c(c1)CCN2. The molecule has 2 aromatic rings. The molecule has 1 heterocycles. The van der Waals surface area contributed by atoms with Crippen LogP contribution in [-0.2, 0) is 6.42 Å². The Labute approximate surface area is 131 Å². The third-order valence-electron chi connectivity index (χ3n) is 4.24. The fourth-order valence-electron chi connectivity index (χ4n) is 2.97. The average Bonchev–Trinajstić information content (AvgIpc) is 2.96. The van der Waals surface area contributed by atoms with Crippen molar-refractivity contribution in [1.82, 2.24) is 0 Å². The van der Waals surface area contributed by atoms with Crippen LogP contribution < -0.4 is 10.6 Å². The fourth-order valence-corrected chi connectivity index (χ4v) is 2.97. The maximum Gasteiger partial charge on any atom is 0.255 e. The van der Waals surface area contributed by atoms with Gasteiger partial charge in [-0.2, -0.15) is 0 Å². The van der Waals surface area contributed by atoms with Crippen LogP contribution >= 0.6 is 0 Å². The molecule has 3 rings (SSSR count). The van der Waals surface area contributed by atoms with E-state index in [1.54, 1.807) is 0 Å². The van der Waals surface area contributed by atoms with Crippen LogP contribution in [0.25, 0.3) is 0 Å². The highest BCUT2D eigenvalue weighted by Crippen LogP contribution is 2.28. The number of hydrogen-bond acceptors (Lipinski definition) is 2. The molecule has 2 aromatic carbocycles. The molecule has 0 saturated heterocycles. The summed E-state index contributed by atoms with van der Waals surface area (Å²) in [5.41, 5.74) is 6.32. The van der Waals surface area contributed by atoms with E-state index in [4.69, 9.17) is 0 Å². The number of aryl methyl sites for hydroxylation is 1. The number of hydrogen-bond donors (Lipinski definition) is 2. The molecule has 22 heavy (non-hydrogen) atoms. The number of rotatable bonds is 3. The predicted molar refractivity (Wildman–Crippen MR) is 91.9 cm³/mol. The number of nitrogens with one attached hydrogen (secondary N) is 2. The average molecular weight is 294 g/mol. The Morgan fingerprint density at radius 2 is 2.05 bits per heavy atom. The standard InChI is InChI=1S/C19H22N2O/c1-12(2)16-6-4-5-13(3)18(16)21-19(22)15-7-8-17-14(11-15)9-10-20-17/h4-8,11-12,20H,9-10H2,1-3H3,(H,21,22). The van der Waals surface area contributed by atoms with Gasteiger partial charge in [0.15, 0.2) is 0 Å². The first kappa shape index (κ1) is 14.6. The molecule has 0 radical (unpaired) electrons. The highest BCUT2D eigenvalue weighted by Gasteiger charge is 2.16. The van der Waals surface area contributed by atoms with Crippen molar-refractivity contribution in [3.8, 4) is 0 Å². The zero-order valence-electron chi connectivity index (χ0n) is 13.4. The molecule has 1 aliphatic heterocycles. The van der Waals surface area contributed by atoms with Crippen LogP contribution in [0.15, 0.2) is 36.4 Å². The summed E-state index contributed by atoms with van der Waals surface area (Å²) in [5.74, 6) is 0.338. The van der Waals surface area contributed by atoms with Crippen molar-refractivity contribution in [3.05, 3.63) is 58.7 Å². The molecule has 0 aliphatic carbocycles. The smallest absolute Gasteiger partial charge is 0.255 e. The largest absolute Gasteiger partial charge is 0.384 e. The van der Waals surface area contributed by atoms with Crippen LogP contribution in [0.1, 0.15) is 46.8 Å². The van der Waals surface area contributed by atoms with E-state index in [9.17, 15) is 4.79 Å². The van der Waals surface area contributed by atoms with Crippen molar-refractivity contribution in [1.29, 1.82) is 0 Å². The third-order valence-corrected chi connectivity index (χ3v) is 4.24. The van der Waals surface area contributed by atoms with Gasteiger partial charge < -0.3 is 10.6 Å². The number of carbonyl (C=O) groups excluding carboxylic acids is 1. The number of anilines is 2. The minimum absolute atomic E-state index is 0.0362. The first-order valence-electron chi connectivity index (χ1n) is 7.84. The third kappa shape index (κ3) is 2.71. The van der Waals surface area contributed by atoms with Gasteiger partial charge in [-0.3, -0.25) is 4.79 Å². The summed E-state index contributed by atoms with van der Waals surface area (Å²) < 4.78 is 0. The van der Waals surface area contributed by atoms with Gasteiger partial charge in [0, 0.05) is 23.5 Å². The van der Waals surface area contributed by atoms with Gasteiger partial charge in [0.05, 0.1) is 0 Å². The molecular formula is C19H22N2O. The van der Waals surface area contributed by atoms with E-state index in [0.717, 1.165) is 35.5 Å². The topological polar surface area (TPSA) is 41.1 Å². The van der Waals surface area contributed by atoms with E-state index in [0.29, 0.717) is 5.92 Å². The highest BCUT2D eigenvalue weighted by molar-refractivity contribution is 6.05. The second-order valence-corrected chi connectivity index (χ2v) is 6.20. The Hall–Kier alpha value is -2.29. The number of para-hydroxylation sites is 1. The number of carbonyl (C=O) groups is 1. The van der Waals surface area contributed by atoms with E-state index in [1.807, 2.05) is 37.3 Å². The number of benzene rings is 2. The Morgan fingerprint density at radius 3 is 2.82 bits per heavy atom. The maximum absolute atomic E-state index is 12.6. The molecule has 3 nitrogen and oxygen atoms in total. The lowest BCUT2D eigenvalue weighted by atomic mass is 9.98. The molecular weight excluding hydrogens is 272 g/mol. The van der Waals surface area contributed by atoms with Crippen molar-refractivity contribution in [2.75, 3.05) is 17.2 Å². The van der Waals surface area contributed by atoms with Gasteiger partial charge in [0.2, 0.25) is 0 Å². The molecule has 0 saturated carbocycles. The summed E-state index contributed by atoms with van der Waals surface area (Å²) in [4.78, 5) is 12.6. The Balaban J connectivity index is 1.89. The molecule has 0 unspecified atom stereocenters. The van der Waals surface area contributed by atoms with Gasteiger partial charge in [0.1, 0.15) is 0 Å². The molecule has 0 atom stereocenters. The lowest BCUT2D eigenvalue weighted by Crippen LogP contribution is -2.15. The molecule has 0 fully saturated rings. The van der Waals surface area contributed by atoms with Crippen molar-refractivity contribution in [3.63, 3.8) is 0 Å². The monoisotopic (exact) mass is 294 g/mol. The Morgan fingerprint density at radius 1 is 1.23 bits per heavy atom. The minimum Gasteiger partial charge on any atom is -0.384 e. The lowest BCUT2D eigenvalue weighted by molar-refractivity contribution is 0.102. The number of fused-ring (bicyclic) bond motifs is 1. The zero-order chi connectivity index (χ0) is 15.7. The second kappa shape index (κ2) is 5.84.